The van der Waals surface area contributed by atoms with Gasteiger partial charge in [0.15, 0.2) is 5.15 Å². The molecule has 0 fully saturated rings. The number of hydrogen-bond donors (Lipinski definition) is 0. The monoisotopic (exact) mass is 200 g/mol. The van der Waals surface area contributed by atoms with Crippen molar-refractivity contribution in [2.24, 2.45) is 0 Å². The second-order valence-electron chi connectivity index (χ2n) is 1.56. The Bertz CT molecular complexity index is 175. The Labute approximate surface area is 76.8 Å². The molecule has 0 radical (unpaired) electrons. The molecule has 0 aliphatic rings. The van der Waals surface area contributed by atoms with Crippen molar-refractivity contribution in [2.75, 3.05) is 0 Å². The van der Waals surface area contributed by atoms with Crippen LogP contribution < -0.4 is 0 Å². The summed E-state index contributed by atoms with van der Waals surface area (Å²) in [5, 5.41) is 7.61. The predicted molar refractivity (Wildman–Crippen MR) is 46.3 cm³/mol. The zero-order chi connectivity index (χ0) is 5.98. The zero-order valence-corrected chi connectivity index (χ0v) is 7.63. The molecule has 0 atom stereocenters. The van der Waals surface area contributed by atoms with Crippen molar-refractivity contribution in [1.82, 2.24) is 10.2 Å². The summed E-state index contributed by atoms with van der Waals surface area (Å²) in [5.41, 5.74) is 1.03. The maximum atomic E-state index is 5.47. The van der Waals surface area contributed by atoms with Gasteiger partial charge in [-0.3, -0.25) is 0 Å². The van der Waals surface area contributed by atoms with E-state index in [1.54, 1.807) is 12.3 Å². The molecule has 0 aliphatic carbocycles. The zero-order valence-electron chi connectivity index (χ0n) is 5.24. The van der Waals surface area contributed by atoms with Gasteiger partial charge in [0.25, 0.3) is 0 Å². The molecule has 0 spiro atoms. The molecule has 0 amide bonds. The molecule has 1 rings (SSSR count). The average Bonchev–Trinajstić information content (AvgIpc) is 1.64. The van der Waals surface area contributed by atoms with Crippen molar-refractivity contribution in [1.29, 1.82) is 0 Å². The van der Waals surface area contributed by atoms with Crippen LogP contribution in [0.3, 0.4) is 0 Å². The highest BCUT2D eigenvalue weighted by Crippen LogP contribution is 2.02. The van der Waals surface area contributed by atoms with E-state index in [2.05, 4.69) is 10.2 Å². The molecule has 1 heterocycles. The Hall–Kier alpha value is -0.0500. The van der Waals surface area contributed by atoms with Crippen LogP contribution in [0.1, 0.15) is 5.56 Å². The highest BCUT2D eigenvalue weighted by atomic mass is 35.5. The number of hydrogen-bond acceptors (Lipinski definition) is 2. The van der Waals surface area contributed by atoms with Crippen molar-refractivity contribution >= 4 is 36.4 Å². The largest absolute Gasteiger partial charge is 0.157 e. The summed E-state index contributed by atoms with van der Waals surface area (Å²) in [4.78, 5) is 0. The molecule has 1 aromatic rings. The molecule has 0 N–H and O–H groups in total. The van der Waals surface area contributed by atoms with Crippen molar-refractivity contribution in [3.8, 4) is 0 Å². The highest BCUT2D eigenvalue weighted by molar-refractivity contribution is 6.29. The molecule has 2 nitrogen and oxygen atoms in total. The minimum absolute atomic E-state index is 0. The van der Waals surface area contributed by atoms with Crippen LogP contribution >= 0.6 is 36.4 Å². The molecule has 5 heteroatoms. The average molecular weight is 201 g/mol. The van der Waals surface area contributed by atoms with Gasteiger partial charge in [0.2, 0.25) is 0 Å². The van der Waals surface area contributed by atoms with Gasteiger partial charge in [-0.15, -0.1) is 29.9 Å². The lowest BCUT2D eigenvalue weighted by atomic mass is 10.4. The molecule has 0 aromatic carbocycles. The molecule has 1 aromatic heterocycles. The van der Waals surface area contributed by atoms with Gasteiger partial charge in [0.05, 0.1) is 6.20 Å². The third-order valence-corrected chi connectivity index (χ3v) is 0.946. The van der Waals surface area contributed by atoms with Gasteiger partial charge < -0.3 is 0 Å². The molecule has 0 saturated carbocycles. The third kappa shape index (κ3) is 3.88. The summed E-state index contributed by atoms with van der Waals surface area (Å²) in [7, 11) is 0. The summed E-state index contributed by atoms with van der Waals surface area (Å²) in [6.07, 6.45) is 1.66. The minimum atomic E-state index is 0. The maximum Gasteiger partial charge on any atom is 0.151 e. The standard InChI is InChI=1S/C5H5ClN2.2ClH/c1-4-2-5(6)8-7-3-4;;/h2-3H,1H3;2*1H. The molecule has 58 valence electrons. The van der Waals surface area contributed by atoms with E-state index in [-0.39, 0.29) is 24.8 Å². The quantitative estimate of drug-likeness (QED) is 0.644. The van der Waals surface area contributed by atoms with Gasteiger partial charge in [-0.25, -0.2) is 0 Å². The van der Waals surface area contributed by atoms with Crippen molar-refractivity contribution in [2.45, 2.75) is 6.92 Å². The lowest BCUT2D eigenvalue weighted by Crippen LogP contribution is -1.80. The van der Waals surface area contributed by atoms with Crippen LogP contribution in [0.25, 0.3) is 0 Å². The molecule has 0 bridgehead atoms. The molecule has 0 aliphatic heterocycles. The Kier molecular flexibility index (Phi) is 7.21. The van der Waals surface area contributed by atoms with Gasteiger partial charge in [0.1, 0.15) is 0 Å². The predicted octanol–water partition coefficient (Wildman–Crippen LogP) is 2.28. The van der Waals surface area contributed by atoms with Gasteiger partial charge >= 0.3 is 0 Å². The number of nitrogens with zero attached hydrogens (tertiary/aromatic N) is 2. The molecular formula is C5H7Cl3N2. The Balaban J connectivity index is 0. The molecule has 0 unspecified atom stereocenters. The van der Waals surface area contributed by atoms with E-state index in [4.69, 9.17) is 11.6 Å². The van der Waals surface area contributed by atoms with Gasteiger partial charge in [-0.2, -0.15) is 5.10 Å². The second kappa shape index (κ2) is 5.71. The lowest BCUT2D eigenvalue weighted by molar-refractivity contribution is 1.02. The summed E-state index contributed by atoms with van der Waals surface area (Å²) in [6.45, 7) is 1.92. The number of rotatable bonds is 0. The molecule has 0 saturated heterocycles. The van der Waals surface area contributed by atoms with Crippen LogP contribution in [-0.4, -0.2) is 10.2 Å². The van der Waals surface area contributed by atoms with Crippen molar-refractivity contribution in [3.05, 3.63) is 23.0 Å². The lowest BCUT2D eigenvalue weighted by Gasteiger charge is -1.86. The van der Waals surface area contributed by atoms with Crippen molar-refractivity contribution < 1.29 is 0 Å². The van der Waals surface area contributed by atoms with E-state index in [1.165, 1.54) is 0 Å². The van der Waals surface area contributed by atoms with Gasteiger partial charge in [-0.05, 0) is 18.6 Å². The Morgan fingerprint density at radius 1 is 1.40 bits per heavy atom. The summed E-state index contributed by atoms with van der Waals surface area (Å²) < 4.78 is 0. The van der Waals surface area contributed by atoms with E-state index in [0.717, 1.165) is 5.56 Å². The fraction of sp³-hybridized carbons (Fsp3) is 0.200. The summed E-state index contributed by atoms with van der Waals surface area (Å²) in [6, 6.07) is 1.76. The molecule has 10 heavy (non-hydrogen) atoms. The SMILES string of the molecule is Cc1cnnc(Cl)c1.Cl.Cl. The van der Waals surface area contributed by atoms with E-state index in [1.807, 2.05) is 6.92 Å². The first-order valence-electron chi connectivity index (χ1n) is 2.24. The topological polar surface area (TPSA) is 25.8 Å². The second-order valence-corrected chi connectivity index (χ2v) is 1.94. The fourth-order valence-electron chi connectivity index (χ4n) is 0.429. The van der Waals surface area contributed by atoms with Gasteiger partial charge in [0, 0.05) is 0 Å². The first-order chi connectivity index (χ1) is 3.79. The normalized spacial score (nSPS) is 7.40. The van der Waals surface area contributed by atoms with Crippen LogP contribution in [0.5, 0.6) is 0 Å². The smallest absolute Gasteiger partial charge is 0.151 e. The maximum absolute atomic E-state index is 5.47. The van der Waals surface area contributed by atoms with Crippen LogP contribution in [0.2, 0.25) is 5.15 Å². The minimum Gasteiger partial charge on any atom is -0.157 e. The van der Waals surface area contributed by atoms with E-state index < -0.39 is 0 Å². The third-order valence-electron chi connectivity index (χ3n) is 0.761. The van der Waals surface area contributed by atoms with Crippen LogP contribution in [0, 0.1) is 6.92 Å². The summed E-state index contributed by atoms with van der Waals surface area (Å²) in [5.74, 6) is 0. The van der Waals surface area contributed by atoms with Crippen molar-refractivity contribution in [3.63, 3.8) is 0 Å². The number of aryl methyl sites for hydroxylation is 1. The van der Waals surface area contributed by atoms with Crippen LogP contribution in [-0.2, 0) is 0 Å². The van der Waals surface area contributed by atoms with Crippen LogP contribution in [0.15, 0.2) is 12.3 Å². The molecular weight excluding hydrogens is 194 g/mol. The first-order valence-corrected chi connectivity index (χ1v) is 2.61. The fourth-order valence-corrected chi connectivity index (χ4v) is 0.645. The van der Waals surface area contributed by atoms with E-state index in [0.29, 0.717) is 5.15 Å². The Morgan fingerprint density at radius 2 is 2.00 bits per heavy atom. The van der Waals surface area contributed by atoms with E-state index >= 15 is 0 Å². The number of halogens is 3. The number of aromatic nitrogens is 2. The Morgan fingerprint density at radius 3 is 2.30 bits per heavy atom. The van der Waals surface area contributed by atoms with Crippen LogP contribution in [0.4, 0.5) is 0 Å². The summed E-state index contributed by atoms with van der Waals surface area (Å²) >= 11 is 5.47. The highest BCUT2D eigenvalue weighted by Gasteiger charge is 1.85. The first kappa shape index (κ1) is 12.6. The van der Waals surface area contributed by atoms with Gasteiger partial charge in [-0.1, -0.05) is 11.6 Å². The van der Waals surface area contributed by atoms with E-state index in [9.17, 15) is 0 Å².